The van der Waals surface area contributed by atoms with Gasteiger partial charge in [-0.05, 0) is 33.6 Å². The van der Waals surface area contributed by atoms with Crippen LogP contribution in [-0.4, -0.2) is 4.69 Å². The number of hydrogen-bond acceptors (Lipinski definition) is 1. The molecule has 1 atom stereocenters. The summed E-state index contributed by atoms with van der Waals surface area (Å²) in [5, 5.41) is 0. The Kier molecular flexibility index (Phi) is 2.92. The topological polar surface area (TPSA) is 17.1 Å². The fourth-order valence-electron chi connectivity index (χ4n) is 0.795. The molecule has 64 valence electrons. The van der Waals surface area contributed by atoms with Gasteiger partial charge in [0.15, 0.2) is 6.17 Å². The van der Waals surface area contributed by atoms with Crippen molar-refractivity contribution in [1.29, 1.82) is 0 Å². The highest BCUT2D eigenvalue weighted by Crippen LogP contribution is 2.21. The van der Waals surface area contributed by atoms with Crippen LogP contribution in [0.5, 0.6) is 0 Å². The van der Waals surface area contributed by atoms with Crippen molar-refractivity contribution in [3.8, 4) is 0 Å². The maximum absolute atomic E-state index is 12.9. The Balaban J connectivity index is 2.95. The van der Waals surface area contributed by atoms with Crippen LogP contribution in [0.4, 0.5) is 8.78 Å². The van der Waals surface area contributed by atoms with Crippen molar-refractivity contribution >= 4 is 20.6 Å². The number of rotatable bonds is 2. The van der Waals surface area contributed by atoms with Crippen LogP contribution < -0.4 is 0 Å². The van der Waals surface area contributed by atoms with E-state index in [0.717, 1.165) is 6.07 Å². The molecule has 0 amide bonds. The average molecular weight is 235 g/mol. The third-order valence-corrected chi connectivity index (χ3v) is 1.74. The molecular weight excluding hydrogens is 230 g/mol. The Bertz CT molecular complexity index is 301. The second-order valence-electron chi connectivity index (χ2n) is 2.22. The second kappa shape index (κ2) is 3.76. The Labute approximate surface area is 76.5 Å². The first-order valence-corrected chi connectivity index (χ1v) is 3.99. The molecule has 0 aromatic heterocycles. The SMILES string of the molecule is O=C(Br)C(F)c1cccc(F)c1. The summed E-state index contributed by atoms with van der Waals surface area (Å²) in [6.07, 6.45) is -1.79. The molecule has 1 nitrogen and oxygen atoms in total. The lowest BCUT2D eigenvalue weighted by Crippen LogP contribution is -1.99. The Morgan fingerprint density at radius 1 is 1.50 bits per heavy atom. The minimum Gasteiger partial charge on any atom is -0.283 e. The zero-order valence-corrected chi connectivity index (χ0v) is 7.51. The van der Waals surface area contributed by atoms with Gasteiger partial charge < -0.3 is 0 Å². The molecule has 1 aromatic carbocycles. The van der Waals surface area contributed by atoms with Crippen LogP contribution in [-0.2, 0) is 4.79 Å². The summed E-state index contributed by atoms with van der Waals surface area (Å²) >= 11 is 2.46. The molecule has 0 radical (unpaired) electrons. The maximum Gasteiger partial charge on any atom is 0.236 e. The summed E-state index contributed by atoms with van der Waals surface area (Å²) in [5.74, 6) is -0.552. The number of benzene rings is 1. The molecule has 0 saturated carbocycles. The predicted octanol–water partition coefficient (Wildman–Crippen LogP) is 2.76. The number of carbonyl (C=O) groups is 1. The van der Waals surface area contributed by atoms with Gasteiger partial charge in [0.05, 0.1) is 0 Å². The van der Waals surface area contributed by atoms with Crippen LogP contribution in [0.2, 0.25) is 0 Å². The minimum atomic E-state index is -1.79. The highest BCUT2D eigenvalue weighted by Gasteiger charge is 2.16. The van der Waals surface area contributed by atoms with Crippen LogP contribution in [0.15, 0.2) is 24.3 Å². The van der Waals surface area contributed by atoms with E-state index in [4.69, 9.17) is 0 Å². The van der Waals surface area contributed by atoms with Gasteiger partial charge in [-0.3, -0.25) is 4.79 Å². The molecule has 0 fully saturated rings. The quantitative estimate of drug-likeness (QED) is 0.720. The second-order valence-corrected chi connectivity index (χ2v) is 3.00. The van der Waals surface area contributed by atoms with Crippen LogP contribution >= 0.6 is 15.9 Å². The molecule has 0 aliphatic heterocycles. The molecule has 0 aliphatic rings. The van der Waals surface area contributed by atoms with E-state index in [2.05, 4.69) is 15.9 Å². The highest BCUT2D eigenvalue weighted by atomic mass is 79.9. The van der Waals surface area contributed by atoms with Gasteiger partial charge in [-0.25, -0.2) is 8.78 Å². The van der Waals surface area contributed by atoms with Gasteiger partial charge in [-0.2, -0.15) is 0 Å². The number of hydrogen-bond donors (Lipinski definition) is 0. The average Bonchev–Trinajstić information content (AvgIpc) is 2.03. The normalized spacial score (nSPS) is 12.6. The molecule has 4 heteroatoms. The largest absolute Gasteiger partial charge is 0.283 e. The molecule has 0 saturated heterocycles. The van der Waals surface area contributed by atoms with Crippen LogP contribution in [0.25, 0.3) is 0 Å². The summed E-state index contributed by atoms with van der Waals surface area (Å²) < 4.78 is 24.6. The van der Waals surface area contributed by atoms with Crippen molar-refractivity contribution in [2.24, 2.45) is 0 Å². The van der Waals surface area contributed by atoms with E-state index in [1.807, 2.05) is 0 Å². The number of carbonyl (C=O) groups excluding carboxylic acids is 1. The van der Waals surface area contributed by atoms with Gasteiger partial charge in [-0.15, -0.1) is 0 Å². The van der Waals surface area contributed by atoms with Crippen molar-refractivity contribution in [2.75, 3.05) is 0 Å². The molecule has 12 heavy (non-hydrogen) atoms. The van der Waals surface area contributed by atoms with Crippen molar-refractivity contribution in [2.45, 2.75) is 6.17 Å². The molecule has 1 aromatic rings. The van der Waals surface area contributed by atoms with E-state index >= 15 is 0 Å². The summed E-state index contributed by atoms with van der Waals surface area (Å²) in [5.41, 5.74) is 0.0249. The summed E-state index contributed by atoms with van der Waals surface area (Å²) in [7, 11) is 0. The molecule has 0 aliphatic carbocycles. The fourth-order valence-corrected chi connectivity index (χ4v) is 1.06. The van der Waals surface area contributed by atoms with E-state index in [-0.39, 0.29) is 5.56 Å². The maximum atomic E-state index is 12.9. The smallest absolute Gasteiger partial charge is 0.236 e. The summed E-state index contributed by atoms with van der Waals surface area (Å²) in [6, 6.07) is 4.89. The van der Waals surface area contributed by atoms with E-state index < -0.39 is 16.7 Å². The Morgan fingerprint density at radius 2 is 2.17 bits per heavy atom. The number of halogens is 3. The lowest BCUT2D eigenvalue weighted by atomic mass is 10.1. The zero-order valence-electron chi connectivity index (χ0n) is 5.93. The van der Waals surface area contributed by atoms with Gasteiger partial charge in [-0.1, -0.05) is 12.1 Å². The first kappa shape index (κ1) is 9.32. The first-order valence-electron chi connectivity index (χ1n) is 3.20. The van der Waals surface area contributed by atoms with E-state index in [1.165, 1.54) is 18.2 Å². The Hall–Kier alpha value is -0.770. The third kappa shape index (κ3) is 2.11. The predicted molar refractivity (Wildman–Crippen MR) is 44.2 cm³/mol. The monoisotopic (exact) mass is 234 g/mol. The molecule has 0 heterocycles. The first-order chi connectivity index (χ1) is 5.61. The van der Waals surface area contributed by atoms with Gasteiger partial charge >= 0.3 is 0 Å². The highest BCUT2D eigenvalue weighted by molar-refractivity contribution is 9.18. The van der Waals surface area contributed by atoms with Gasteiger partial charge in [0.25, 0.3) is 0 Å². The van der Waals surface area contributed by atoms with E-state index in [0.29, 0.717) is 0 Å². The molecule has 0 spiro atoms. The van der Waals surface area contributed by atoms with E-state index in [9.17, 15) is 13.6 Å². The van der Waals surface area contributed by atoms with Crippen LogP contribution in [0.3, 0.4) is 0 Å². The molecule has 0 N–H and O–H groups in total. The van der Waals surface area contributed by atoms with Crippen molar-refractivity contribution < 1.29 is 13.6 Å². The van der Waals surface area contributed by atoms with Crippen LogP contribution in [0.1, 0.15) is 11.7 Å². The minimum absolute atomic E-state index is 0.0249. The zero-order chi connectivity index (χ0) is 9.14. The van der Waals surface area contributed by atoms with Gasteiger partial charge in [0.1, 0.15) is 5.82 Å². The van der Waals surface area contributed by atoms with Gasteiger partial charge in [0, 0.05) is 0 Å². The number of alkyl halides is 1. The molecule has 1 unspecified atom stereocenters. The van der Waals surface area contributed by atoms with Crippen molar-refractivity contribution in [3.05, 3.63) is 35.6 Å². The standard InChI is InChI=1S/C8H5BrF2O/c9-8(12)7(11)5-2-1-3-6(10)4-5/h1-4,7H. The fraction of sp³-hybridized carbons (Fsp3) is 0.125. The lowest BCUT2D eigenvalue weighted by molar-refractivity contribution is -0.114. The molecule has 1 rings (SSSR count). The third-order valence-electron chi connectivity index (χ3n) is 1.34. The van der Waals surface area contributed by atoms with Gasteiger partial charge in [0.2, 0.25) is 4.69 Å². The van der Waals surface area contributed by atoms with Crippen molar-refractivity contribution in [1.82, 2.24) is 0 Å². The summed E-state index contributed by atoms with van der Waals surface area (Å²) in [4.78, 5) is 10.5. The van der Waals surface area contributed by atoms with Crippen molar-refractivity contribution in [3.63, 3.8) is 0 Å². The molecular formula is C8H5BrF2O. The summed E-state index contributed by atoms with van der Waals surface area (Å²) in [6.45, 7) is 0. The molecule has 0 bridgehead atoms. The lowest BCUT2D eigenvalue weighted by Gasteiger charge is -2.01. The van der Waals surface area contributed by atoms with Crippen LogP contribution in [0, 0.1) is 5.82 Å². The Morgan fingerprint density at radius 3 is 2.67 bits per heavy atom. The van der Waals surface area contributed by atoms with E-state index in [1.54, 1.807) is 0 Å².